The van der Waals surface area contributed by atoms with Crippen LogP contribution in [0.2, 0.25) is 0 Å². The van der Waals surface area contributed by atoms with Gasteiger partial charge in [-0.25, -0.2) is 0 Å². The van der Waals surface area contributed by atoms with Gasteiger partial charge in [0.05, 0.1) is 29.2 Å². The second kappa shape index (κ2) is 14.7. The van der Waals surface area contributed by atoms with E-state index in [1.54, 1.807) is 38.6 Å². The lowest BCUT2D eigenvalue weighted by Crippen LogP contribution is -2.58. The van der Waals surface area contributed by atoms with E-state index in [0.717, 1.165) is 36.4 Å². The molecule has 3 heterocycles. The number of aliphatic hydroxyl groups is 1. The highest BCUT2D eigenvalue weighted by Crippen LogP contribution is 2.67. The molecule has 3 saturated heterocycles. The largest absolute Gasteiger partial charge is 0.394 e. The number of likely N-dealkylation sites (tertiary alicyclic amines) is 1. The van der Waals surface area contributed by atoms with Gasteiger partial charge < -0.3 is 24.7 Å². The molecule has 5 rings (SSSR count). The number of aliphatic hydroxyl groups excluding tert-OH is 1. The van der Waals surface area contributed by atoms with Crippen LogP contribution in [0.25, 0.3) is 0 Å². The average molecular weight is 659 g/mol. The average Bonchev–Trinajstić information content (AvgIpc) is 3.72. The molecule has 0 saturated carbocycles. The molecule has 1 spiro atoms. The summed E-state index contributed by atoms with van der Waals surface area (Å²) in [6.07, 6.45) is 4.85. The number of rotatable bonds is 15. The second-order valence-electron chi connectivity index (χ2n) is 13.2. The number of carbonyl (C=O) groups excluding carboxylic acids is 3. The highest BCUT2D eigenvalue weighted by Gasteiger charge is 2.74. The summed E-state index contributed by atoms with van der Waals surface area (Å²) >= 11 is 1.66. The summed E-state index contributed by atoms with van der Waals surface area (Å²) in [6.45, 7) is 18.6. The van der Waals surface area contributed by atoms with E-state index in [1.807, 2.05) is 68.4 Å². The Bertz CT molecular complexity index is 1450. The van der Waals surface area contributed by atoms with Crippen molar-refractivity contribution in [3.05, 3.63) is 85.5 Å². The van der Waals surface area contributed by atoms with Gasteiger partial charge in [0.1, 0.15) is 6.04 Å². The fourth-order valence-electron chi connectivity index (χ4n) is 8.06. The third-order valence-electron chi connectivity index (χ3n) is 10.3. The molecular formula is C38H50N4O4S. The van der Waals surface area contributed by atoms with Crippen molar-refractivity contribution < 1.29 is 19.5 Å². The summed E-state index contributed by atoms with van der Waals surface area (Å²) in [7, 11) is 0. The lowest BCUT2D eigenvalue weighted by Gasteiger charge is -2.40. The van der Waals surface area contributed by atoms with Crippen molar-refractivity contribution in [2.75, 3.05) is 42.6 Å². The number of nitrogens with zero attached hydrogens (tertiary/aromatic N) is 4. The molecule has 2 bridgehead atoms. The molecule has 47 heavy (non-hydrogen) atoms. The molecule has 6 atom stereocenters. The summed E-state index contributed by atoms with van der Waals surface area (Å²) in [6, 6.07) is 16.4. The van der Waals surface area contributed by atoms with Gasteiger partial charge in [0.2, 0.25) is 11.8 Å². The SMILES string of the molecule is C=CCN(Cc1ccccc1)C(=O)[C@@H]1[C@@H]2CCC3(S2)C(C(=O)N(CC=C)c2ccc(N(CC)CC)cc2)N([C@@H](CO)C(C)C)C(=O)[C@H]13. The highest BCUT2D eigenvalue weighted by molar-refractivity contribution is 8.02. The van der Waals surface area contributed by atoms with Crippen LogP contribution in [-0.4, -0.2) is 87.5 Å². The van der Waals surface area contributed by atoms with E-state index in [1.165, 1.54) is 0 Å². The Morgan fingerprint density at radius 3 is 2.21 bits per heavy atom. The van der Waals surface area contributed by atoms with Crippen molar-refractivity contribution in [2.24, 2.45) is 17.8 Å². The molecule has 2 aromatic carbocycles. The molecule has 0 aromatic heterocycles. The van der Waals surface area contributed by atoms with Crippen molar-refractivity contribution >= 4 is 40.9 Å². The van der Waals surface area contributed by atoms with Crippen molar-refractivity contribution in [3.8, 4) is 0 Å². The lowest BCUT2D eigenvalue weighted by atomic mass is 9.70. The molecule has 252 valence electrons. The first-order valence-corrected chi connectivity index (χ1v) is 17.9. The molecule has 0 radical (unpaired) electrons. The summed E-state index contributed by atoms with van der Waals surface area (Å²) in [5.74, 6) is -1.76. The van der Waals surface area contributed by atoms with Gasteiger partial charge >= 0.3 is 0 Å². The Morgan fingerprint density at radius 2 is 1.64 bits per heavy atom. The molecule has 8 nitrogen and oxygen atoms in total. The van der Waals surface area contributed by atoms with Gasteiger partial charge in [-0.2, -0.15) is 0 Å². The van der Waals surface area contributed by atoms with E-state index in [2.05, 4.69) is 31.9 Å². The van der Waals surface area contributed by atoms with Gasteiger partial charge in [-0.1, -0.05) is 56.3 Å². The fourth-order valence-corrected chi connectivity index (χ4v) is 10.3. The maximum atomic E-state index is 15.0. The number of amides is 3. The third kappa shape index (κ3) is 6.24. The molecule has 3 aliphatic heterocycles. The van der Waals surface area contributed by atoms with E-state index in [-0.39, 0.29) is 42.0 Å². The Morgan fingerprint density at radius 1 is 1.00 bits per heavy atom. The molecule has 2 aromatic rings. The van der Waals surface area contributed by atoms with Gasteiger partial charge in [-0.3, -0.25) is 14.4 Å². The van der Waals surface area contributed by atoms with Gasteiger partial charge in [0, 0.05) is 49.3 Å². The smallest absolute Gasteiger partial charge is 0.251 e. The van der Waals surface area contributed by atoms with Crippen LogP contribution < -0.4 is 9.80 Å². The number of anilines is 2. The Hall–Kier alpha value is -3.56. The van der Waals surface area contributed by atoms with Crippen LogP contribution in [0.3, 0.4) is 0 Å². The maximum absolute atomic E-state index is 15.0. The predicted molar refractivity (Wildman–Crippen MR) is 191 cm³/mol. The molecule has 3 aliphatic rings. The van der Waals surface area contributed by atoms with E-state index < -0.39 is 28.7 Å². The summed E-state index contributed by atoms with van der Waals surface area (Å²) in [5, 5.41) is 10.6. The van der Waals surface area contributed by atoms with Crippen molar-refractivity contribution in [1.82, 2.24) is 9.80 Å². The zero-order valence-electron chi connectivity index (χ0n) is 28.3. The van der Waals surface area contributed by atoms with E-state index >= 15 is 4.79 Å². The zero-order valence-corrected chi connectivity index (χ0v) is 29.1. The van der Waals surface area contributed by atoms with Crippen LogP contribution in [0.5, 0.6) is 0 Å². The Balaban J connectivity index is 1.55. The van der Waals surface area contributed by atoms with Crippen LogP contribution in [0, 0.1) is 17.8 Å². The van der Waals surface area contributed by atoms with Gasteiger partial charge in [0.25, 0.3) is 5.91 Å². The molecule has 0 aliphatic carbocycles. The number of fused-ring (bicyclic) bond motifs is 1. The molecule has 3 fully saturated rings. The standard InChI is InChI=1S/C38H50N4O4S/c1-7-22-40(24-27-14-12-11-13-15-27)35(44)32-31-20-21-38(47-31)33(32)36(45)42(30(25-43)26(5)6)34(38)37(46)41(23-8-2)29-18-16-28(17-19-29)39(9-3)10-4/h7-8,11-19,26,30-34,43H,1-2,9-10,20-25H2,3-6H3/t30-,31-,32+,33-,34?,38?/m0/s1. The molecule has 3 amide bonds. The summed E-state index contributed by atoms with van der Waals surface area (Å²) in [5.41, 5.74) is 2.81. The van der Waals surface area contributed by atoms with Gasteiger partial charge in [0.15, 0.2) is 0 Å². The first-order valence-electron chi connectivity index (χ1n) is 17.0. The van der Waals surface area contributed by atoms with Crippen LogP contribution >= 0.6 is 11.8 Å². The maximum Gasteiger partial charge on any atom is 0.251 e. The quantitative estimate of drug-likeness (QED) is 0.259. The van der Waals surface area contributed by atoms with Crippen LogP contribution in [0.15, 0.2) is 79.9 Å². The first kappa shape index (κ1) is 34.8. The minimum Gasteiger partial charge on any atom is -0.394 e. The number of carbonyl (C=O) groups is 3. The molecule has 1 N–H and O–H groups in total. The summed E-state index contributed by atoms with van der Waals surface area (Å²) < 4.78 is -0.769. The van der Waals surface area contributed by atoms with E-state index in [9.17, 15) is 14.7 Å². The van der Waals surface area contributed by atoms with Gasteiger partial charge in [-0.15, -0.1) is 24.9 Å². The lowest BCUT2D eigenvalue weighted by molar-refractivity contribution is -0.146. The monoisotopic (exact) mass is 658 g/mol. The topological polar surface area (TPSA) is 84.4 Å². The Kier molecular flexibility index (Phi) is 10.9. The van der Waals surface area contributed by atoms with E-state index in [4.69, 9.17) is 0 Å². The van der Waals surface area contributed by atoms with E-state index in [0.29, 0.717) is 19.5 Å². The third-order valence-corrected chi connectivity index (χ3v) is 12.3. The second-order valence-corrected chi connectivity index (χ2v) is 14.8. The zero-order chi connectivity index (χ0) is 33.9. The minimum absolute atomic E-state index is 0.0650. The normalized spacial score (nSPS) is 25.1. The number of thioether (sulfide) groups is 1. The first-order chi connectivity index (χ1) is 22.7. The minimum atomic E-state index is -0.822. The van der Waals surface area contributed by atoms with Crippen molar-refractivity contribution in [3.63, 3.8) is 0 Å². The highest BCUT2D eigenvalue weighted by atomic mass is 32.2. The number of hydrogen-bond donors (Lipinski definition) is 1. The molecule has 2 unspecified atom stereocenters. The predicted octanol–water partition coefficient (Wildman–Crippen LogP) is 5.37. The fraction of sp³-hybridized carbons (Fsp3) is 0.500. The number of hydrogen-bond acceptors (Lipinski definition) is 6. The number of benzene rings is 2. The van der Waals surface area contributed by atoms with Crippen molar-refractivity contribution in [1.29, 1.82) is 0 Å². The van der Waals surface area contributed by atoms with Crippen molar-refractivity contribution in [2.45, 2.75) is 69.2 Å². The Labute approximate surface area is 284 Å². The molecular weight excluding hydrogens is 609 g/mol. The van der Waals surface area contributed by atoms with Gasteiger partial charge in [-0.05, 0) is 62.4 Å². The summed E-state index contributed by atoms with van der Waals surface area (Å²) in [4.78, 5) is 51.7. The van der Waals surface area contributed by atoms with Crippen LogP contribution in [-0.2, 0) is 20.9 Å². The van der Waals surface area contributed by atoms with Crippen LogP contribution in [0.4, 0.5) is 11.4 Å². The molecule has 9 heteroatoms. The van der Waals surface area contributed by atoms with Crippen LogP contribution in [0.1, 0.15) is 46.1 Å².